The molecule has 0 bridgehead atoms. The van der Waals surface area contributed by atoms with Crippen molar-refractivity contribution >= 4 is 0 Å². The zero-order valence-electron chi connectivity index (χ0n) is 10.4. The van der Waals surface area contributed by atoms with Gasteiger partial charge in [-0.3, -0.25) is 4.90 Å². The van der Waals surface area contributed by atoms with Gasteiger partial charge in [0.1, 0.15) is 0 Å². The van der Waals surface area contributed by atoms with E-state index in [-0.39, 0.29) is 5.54 Å². The maximum Gasteiger partial charge on any atom is 0.0473 e. The Kier molecular flexibility index (Phi) is 3.06. The standard InChI is InChI=1S/C12H25N3/c1-10-4-5-15(7-10)12(8-13)6-11(2)14(3)9-12/h10-11H,4-9,13H2,1-3H3. The molecule has 88 valence electrons. The van der Waals surface area contributed by atoms with Gasteiger partial charge in [0.15, 0.2) is 0 Å². The fraction of sp³-hybridized carbons (Fsp3) is 1.00. The fourth-order valence-electron chi connectivity index (χ4n) is 3.26. The van der Waals surface area contributed by atoms with Crippen LogP contribution in [0.3, 0.4) is 0 Å². The molecule has 2 rings (SSSR count). The van der Waals surface area contributed by atoms with Gasteiger partial charge in [-0.25, -0.2) is 0 Å². The highest BCUT2D eigenvalue weighted by atomic mass is 15.3. The largest absolute Gasteiger partial charge is 0.329 e. The summed E-state index contributed by atoms with van der Waals surface area (Å²) in [5.41, 5.74) is 6.33. The van der Waals surface area contributed by atoms with Gasteiger partial charge in [-0.05, 0) is 39.3 Å². The third kappa shape index (κ3) is 1.93. The van der Waals surface area contributed by atoms with E-state index in [1.807, 2.05) is 0 Å². The van der Waals surface area contributed by atoms with Crippen molar-refractivity contribution in [2.45, 2.75) is 38.3 Å². The molecule has 2 heterocycles. The predicted octanol–water partition coefficient (Wildman–Crippen LogP) is 0.750. The van der Waals surface area contributed by atoms with E-state index in [1.165, 1.54) is 25.9 Å². The molecule has 3 unspecified atom stereocenters. The topological polar surface area (TPSA) is 32.5 Å². The van der Waals surface area contributed by atoms with Crippen LogP contribution in [-0.2, 0) is 0 Å². The number of hydrogen-bond donors (Lipinski definition) is 1. The van der Waals surface area contributed by atoms with Crippen LogP contribution in [0.5, 0.6) is 0 Å². The van der Waals surface area contributed by atoms with E-state index in [1.54, 1.807) is 0 Å². The van der Waals surface area contributed by atoms with Gasteiger partial charge in [0, 0.05) is 31.2 Å². The number of nitrogens with zero attached hydrogens (tertiary/aromatic N) is 2. The minimum absolute atomic E-state index is 0.277. The van der Waals surface area contributed by atoms with Crippen molar-refractivity contribution in [3.63, 3.8) is 0 Å². The van der Waals surface area contributed by atoms with Crippen LogP contribution in [0.25, 0.3) is 0 Å². The van der Waals surface area contributed by atoms with Crippen LogP contribution in [0.2, 0.25) is 0 Å². The lowest BCUT2D eigenvalue weighted by Crippen LogP contribution is -2.54. The van der Waals surface area contributed by atoms with E-state index < -0.39 is 0 Å². The molecule has 15 heavy (non-hydrogen) atoms. The molecule has 0 radical (unpaired) electrons. The second-order valence-corrected chi connectivity index (χ2v) is 5.74. The first-order valence-corrected chi connectivity index (χ1v) is 6.23. The van der Waals surface area contributed by atoms with Gasteiger partial charge in [-0.2, -0.15) is 0 Å². The Balaban J connectivity index is 2.09. The monoisotopic (exact) mass is 211 g/mol. The Morgan fingerprint density at radius 1 is 1.40 bits per heavy atom. The van der Waals surface area contributed by atoms with Crippen LogP contribution in [0, 0.1) is 5.92 Å². The quantitative estimate of drug-likeness (QED) is 0.731. The molecule has 2 aliphatic heterocycles. The first-order chi connectivity index (χ1) is 7.07. The van der Waals surface area contributed by atoms with Crippen LogP contribution < -0.4 is 5.73 Å². The summed E-state index contributed by atoms with van der Waals surface area (Å²) in [6, 6.07) is 0.685. The Labute approximate surface area is 93.6 Å². The van der Waals surface area contributed by atoms with E-state index in [0.29, 0.717) is 6.04 Å². The summed E-state index contributed by atoms with van der Waals surface area (Å²) in [7, 11) is 2.22. The Morgan fingerprint density at radius 3 is 2.53 bits per heavy atom. The smallest absolute Gasteiger partial charge is 0.0473 e. The zero-order chi connectivity index (χ0) is 11.1. The molecule has 0 saturated carbocycles. The van der Waals surface area contributed by atoms with E-state index in [0.717, 1.165) is 19.0 Å². The lowest BCUT2D eigenvalue weighted by atomic mass is 9.94. The van der Waals surface area contributed by atoms with Crippen molar-refractivity contribution in [3.05, 3.63) is 0 Å². The number of rotatable bonds is 2. The average molecular weight is 211 g/mol. The Bertz CT molecular complexity index is 219. The first kappa shape index (κ1) is 11.4. The second kappa shape index (κ2) is 4.04. The summed E-state index contributed by atoms with van der Waals surface area (Å²) >= 11 is 0. The highest BCUT2D eigenvalue weighted by Crippen LogP contribution is 2.34. The third-order valence-electron chi connectivity index (χ3n) is 4.45. The van der Waals surface area contributed by atoms with Gasteiger partial charge < -0.3 is 10.6 Å². The predicted molar refractivity (Wildman–Crippen MR) is 63.8 cm³/mol. The normalized spacial score (nSPS) is 44.0. The van der Waals surface area contributed by atoms with Crippen LogP contribution in [-0.4, -0.2) is 54.6 Å². The number of likely N-dealkylation sites (N-methyl/N-ethyl adjacent to an activating group) is 1. The minimum Gasteiger partial charge on any atom is -0.329 e. The minimum atomic E-state index is 0.277. The molecule has 0 amide bonds. The third-order valence-corrected chi connectivity index (χ3v) is 4.45. The number of nitrogens with two attached hydrogens (primary N) is 1. The highest BCUT2D eigenvalue weighted by Gasteiger charge is 2.45. The molecule has 2 fully saturated rings. The Hall–Kier alpha value is -0.120. The SMILES string of the molecule is CC1CCN(C2(CN)CC(C)N(C)C2)C1. The summed E-state index contributed by atoms with van der Waals surface area (Å²) in [5, 5.41) is 0. The van der Waals surface area contributed by atoms with Crippen LogP contribution in [0.4, 0.5) is 0 Å². The molecular formula is C12H25N3. The lowest BCUT2D eigenvalue weighted by molar-refractivity contribution is 0.128. The summed E-state index contributed by atoms with van der Waals surface area (Å²) < 4.78 is 0. The highest BCUT2D eigenvalue weighted by molar-refractivity contribution is 5.03. The van der Waals surface area contributed by atoms with Crippen molar-refractivity contribution in [1.29, 1.82) is 0 Å². The number of hydrogen-bond acceptors (Lipinski definition) is 3. The van der Waals surface area contributed by atoms with Gasteiger partial charge >= 0.3 is 0 Å². The molecule has 2 aliphatic rings. The van der Waals surface area contributed by atoms with Crippen LogP contribution in [0.15, 0.2) is 0 Å². The van der Waals surface area contributed by atoms with Gasteiger partial charge in [-0.15, -0.1) is 0 Å². The van der Waals surface area contributed by atoms with Gasteiger partial charge in [-0.1, -0.05) is 6.92 Å². The molecule has 0 aromatic carbocycles. The van der Waals surface area contributed by atoms with Crippen molar-refractivity contribution in [2.24, 2.45) is 11.7 Å². The van der Waals surface area contributed by atoms with E-state index in [9.17, 15) is 0 Å². The number of likely N-dealkylation sites (tertiary alicyclic amines) is 2. The average Bonchev–Trinajstić information content (AvgIpc) is 2.74. The van der Waals surface area contributed by atoms with Crippen molar-refractivity contribution < 1.29 is 0 Å². The molecule has 0 aliphatic carbocycles. The van der Waals surface area contributed by atoms with Gasteiger partial charge in [0.05, 0.1) is 0 Å². The fourth-order valence-corrected chi connectivity index (χ4v) is 3.26. The summed E-state index contributed by atoms with van der Waals surface area (Å²) in [4.78, 5) is 5.10. The van der Waals surface area contributed by atoms with Crippen LogP contribution in [0.1, 0.15) is 26.7 Å². The van der Waals surface area contributed by atoms with Crippen molar-refractivity contribution in [1.82, 2.24) is 9.80 Å². The van der Waals surface area contributed by atoms with E-state index in [2.05, 4.69) is 30.7 Å². The molecule has 2 saturated heterocycles. The molecule has 3 heteroatoms. The molecule has 2 N–H and O–H groups in total. The molecular weight excluding hydrogens is 186 g/mol. The van der Waals surface area contributed by atoms with Gasteiger partial charge in [0.2, 0.25) is 0 Å². The summed E-state index contributed by atoms with van der Waals surface area (Å²) in [6.07, 6.45) is 2.59. The molecule has 0 spiro atoms. The van der Waals surface area contributed by atoms with Crippen LogP contribution >= 0.6 is 0 Å². The van der Waals surface area contributed by atoms with Gasteiger partial charge in [0.25, 0.3) is 0 Å². The van der Waals surface area contributed by atoms with Crippen molar-refractivity contribution in [3.8, 4) is 0 Å². The maximum atomic E-state index is 6.05. The molecule has 0 aromatic rings. The molecule has 3 atom stereocenters. The zero-order valence-corrected chi connectivity index (χ0v) is 10.4. The lowest BCUT2D eigenvalue weighted by Gasteiger charge is -2.37. The second-order valence-electron chi connectivity index (χ2n) is 5.74. The van der Waals surface area contributed by atoms with E-state index in [4.69, 9.17) is 5.73 Å². The Morgan fingerprint density at radius 2 is 2.13 bits per heavy atom. The maximum absolute atomic E-state index is 6.05. The molecule has 3 nitrogen and oxygen atoms in total. The summed E-state index contributed by atoms with van der Waals surface area (Å²) in [6.45, 7) is 9.13. The first-order valence-electron chi connectivity index (χ1n) is 6.23. The molecule has 0 aromatic heterocycles. The van der Waals surface area contributed by atoms with E-state index >= 15 is 0 Å². The summed E-state index contributed by atoms with van der Waals surface area (Å²) in [5.74, 6) is 0.856. The van der Waals surface area contributed by atoms with Crippen molar-refractivity contribution in [2.75, 3.05) is 33.2 Å².